The van der Waals surface area contributed by atoms with Crippen LogP contribution in [0.15, 0.2) is 72.8 Å². The fraction of sp³-hybridized carbons (Fsp3) is 0.375. The summed E-state index contributed by atoms with van der Waals surface area (Å²) in [4.78, 5) is 30.2. The largest absolute Gasteiger partial charge is 0.382 e. The van der Waals surface area contributed by atoms with Gasteiger partial charge in [0.2, 0.25) is 0 Å². The van der Waals surface area contributed by atoms with Gasteiger partial charge in [-0.25, -0.2) is 0 Å². The van der Waals surface area contributed by atoms with E-state index in [4.69, 9.17) is 0 Å². The number of nitrogens with one attached hydrogen (secondary N) is 4. The molecule has 2 heterocycles. The number of anilines is 4. The highest BCUT2D eigenvalue weighted by Gasteiger charge is 2.17. The molecule has 210 valence electrons. The summed E-state index contributed by atoms with van der Waals surface area (Å²) in [6, 6.07) is 23.3. The molecule has 2 aliphatic rings. The molecule has 8 heteroatoms. The highest BCUT2D eigenvalue weighted by molar-refractivity contribution is 6.07. The number of amides is 2. The fourth-order valence-corrected chi connectivity index (χ4v) is 5.26. The van der Waals surface area contributed by atoms with Gasteiger partial charge in [-0.05, 0) is 139 Å². The van der Waals surface area contributed by atoms with Gasteiger partial charge in [0, 0.05) is 46.0 Å². The molecule has 0 aromatic heterocycles. The Kier molecular flexibility index (Phi) is 8.98. The van der Waals surface area contributed by atoms with Gasteiger partial charge < -0.3 is 31.1 Å². The van der Waals surface area contributed by atoms with Gasteiger partial charge in [-0.2, -0.15) is 0 Å². The molecule has 2 aliphatic heterocycles. The third-order valence-electron chi connectivity index (χ3n) is 7.87. The minimum Gasteiger partial charge on any atom is -0.382 e. The van der Waals surface area contributed by atoms with E-state index in [1.54, 1.807) is 24.3 Å². The summed E-state index contributed by atoms with van der Waals surface area (Å²) in [5.74, 6) is -0.425. The van der Waals surface area contributed by atoms with Crippen molar-refractivity contribution in [2.24, 2.45) is 0 Å². The van der Waals surface area contributed by atoms with Crippen molar-refractivity contribution in [3.63, 3.8) is 0 Å². The molecule has 2 saturated heterocycles. The number of nitrogens with zero attached hydrogens (tertiary/aromatic N) is 2. The predicted octanol–water partition coefficient (Wildman–Crippen LogP) is 5.20. The lowest BCUT2D eigenvalue weighted by atomic mass is 10.1. The van der Waals surface area contributed by atoms with E-state index in [1.165, 1.54) is 0 Å². The van der Waals surface area contributed by atoms with E-state index in [1.807, 2.05) is 48.5 Å². The molecule has 5 rings (SSSR count). The van der Waals surface area contributed by atoms with Crippen molar-refractivity contribution in [3.05, 3.63) is 83.9 Å². The van der Waals surface area contributed by atoms with Crippen LogP contribution in [0.2, 0.25) is 0 Å². The van der Waals surface area contributed by atoms with Crippen LogP contribution >= 0.6 is 0 Å². The average Bonchev–Trinajstić information content (AvgIpc) is 2.97. The van der Waals surface area contributed by atoms with Crippen molar-refractivity contribution >= 4 is 34.6 Å². The zero-order valence-corrected chi connectivity index (χ0v) is 23.5. The van der Waals surface area contributed by atoms with Gasteiger partial charge in [-0.1, -0.05) is 0 Å². The van der Waals surface area contributed by atoms with E-state index in [9.17, 15) is 9.59 Å². The van der Waals surface area contributed by atoms with Crippen LogP contribution in [0, 0.1) is 0 Å². The number of carbonyl (C=O) groups excluding carboxylic acids is 2. The lowest BCUT2D eigenvalue weighted by Gasteiger charge is -2.30. The Morgan fingerprint density at radius 3 is 1.15 bits per heavy atom. The first-order valence-electron chi connectivity index (χ1n) is 14.2. The maximum atomic E-state index is 12.8. The van der Waals surface area contributed by atoms with E-state index in [0.29, 0.717) is 23.2 Å². The Labute approximate surface area is 237 Å². The minimum atomic E-state index is -0.212. The first-order chi connectivity index (χ1) is 19.4. The molecule has 0 unspecified atom stereocenters. The molecule has 0 aliphatic carbocycles. The van der Waals surface area contributed by atoms with Crippen molar-refractivity contribution in [1.82, 2.24) is 9.80 Å². The van der Waals surface area contributed by atoms with Crippen LogP contribution in [-0.4, -0.2) is 74.0 Å². The van der Waals surface area contributed by atoms with Crippen LogP contribution in [0.3, 0.4) is 0 Å². The molecule has 2 fully saturated rings. The first kappa shape index (κ1) is 27.7. The van der Waals surface area contributed by atoms with Gasteiger partial charge in [-0.15, -0.1) is 0 Å². The molecule has 2 amide bonds. The van der Waals surface area contributed by atoms with Gasteiger partial charge in [0.15, 0.2) is 0 Å². The highest BCUT2D eigenvalue weighted by atomic mass is 16.2. The zero-order chi connectivity index (χ0) is 27.9. The Balaban J connectivity index is 1.09. The number of rotatable bonds is 8. The number of benzene rings is 3. The molecule has 4 N–H and O–H groups in total. The minimum absolute atomic E-state index is 0.212. The molecule has 3 aromatic carbocycles. The number of hydrogen-bond acceptors (Lipinski definition) is 6. The molecule has 0 saturated carbocycles. The van der Waals surface area contributed by atoms with Gasteiger partial charge in [0.25, 0.3) is 11.8 Å². The molecular weight excluding hydrogens is 500 g/mol. The second-order valence-corrected chi connectivity index (χ2v) is 11.1. The summed E-state index contributed by atoms with van der Waals surface area (Å²) in [6.45, 7) is 4.43. The van der Waals surface area contributed by atoms with Crippen molar-refractivity contribution < 1.29 is 9.59 Å². The molecule has 0 spiro atoms. The van der Waals surface area contributed by atoms with Gasteiger partial charge in [0.05, 0.1) is 0 Å². The van der Waals surface area contributed by atoms with Gasteiger partial charge in [-0.3, -0.25) is 9.59 Å². The first-order valence-corrected chi connectivity index (χ1v) is 14.2. The van der Waals surface area contributed by atoms with Crippen molar-refractivity contribution in [3.8, 4) is 0 Å². The average molecular weight is 541 g/mol. The van der Waals surface area contributed by atoms with Crippen molar-refractivity contribution in [2.75, 3.05) is 61.5 Å². The normalized spacial score (nSPS) is 17.2. The van der Waals surface area contributed by atoms with Crippen LogP contribution in [0.1, 0.15) is 46.4 Å². The van der Waals surface area contributed by atoms with E-state index in [-0.39, 0.29) is 11.8 Å². The number of hydrogen-bond donors (Lipinski definition) is 4. The van der Waals surface area contributed by atoms with Crippen molar-refractivity contribution in [2.45, 2.75) is 37.8 Å². The lowest BCUT2D eigenvalue weighted by Crippen LogP contribution is -2.36. The molecule has 0 bridgehead atoms. The summed E-state index contributed by atoms with van der Waals surface area (Å²) >= 11 is 0. The highest BCUT2D eigenvalue weighted by Crippen LogP contribution is 2.21. The predicted molar refractivity (Wildman–Crippen MR) is 164 cm³/mol. The van der Waals surface area contributed by atoms with Crippen LogP contribution < -0.4 is 21.3 Å². The topological polar surface area (TPSA) is 88.7 Å². The van der Waals surface area contributed by atoms with Gasteiger partial charge >= 0.3 is 0 Å². The molecule has 8 nitrogen and oxygen atoms in total. The second kappa shape index (κ2) is 13.0. The Bertz CT molecular complexity index is 1160. The monoisotopic (exact) mass is 540 g/mol. The van der Waals surface area contributed by atoms with Crippen molar-refractivity contribution in [1.29, 1.82) is 0 Å². The molecule has 40 heavy (non-hydrogen) atoms. The lowest BCUT2D eigenvalue weighted by molar-refractivity contribution is 0.101. The summed E-state index contributed by atoms with van der Waals surface area (Å²) in [7, 11) is 4.31. The summed E-state index contributed by atoms with van der Waals surface area (Å²) in [5.41, 5.74) is 4.57. The number of carbonyl (C=O) groups is 2. The maximum absolute atomic E-state index is 12.8. The van der Waals surface area contributed by atoms with Crippen LogP contribution in [-0.2, 0) is 0 Å². The summed E-state index contributed by atoms with van der Waals surface area (Å²) < 4.78 is 0. The Morgan fingerprint density at radius 2 is 0.825 bits per heavy atom. The smallest absolute Gasteiger partial charge is 0.255 e. The fourth-order valence-electron chi connectivity index (χ4n) is 5.26. The van der Waals surface area contributed by atoms with Gasteiger partial charge in [0.1, 0.15) is 0 Å². The number of piperidine rings is 2. The van der Waals surface area contributed by atoms with E-state index >= 15 is 0 Å². The third kappa shape index (κ3) is 7.61. The zero-order valence-electron chi connectivity index (χ0n) is 23.5. The van der Waals surface area contributed by atoms with Crippen LogP contribution in [0.5, 0.6) is 0 Å². The third-order valence-corrected chi connectivity index (χ3v) is 7.87. The Morgan fingerprint density at radius 1 is 0.525 bits per heavy atom. The standard InChI is InChI=1S/C32H40N6O2/c1-37-19-15-29(16-20-37)33-25-7-11-27(12-8-25)35-31(39)23-3-5-24(6-4-23)32(40)36-28-13-9-26(10-14-28)34-30-17-21-38(2)22-18-30/h3-14,29-30,33-34H,15-22H2,1-2H3,(H,35,39)(H,36,40). The molecule has 0 atom stereocenters. The van der Waals surface area contributed by atoms with Crippen LogP contribution in [0.4, 0.5) is 22.7 Å². The molecule has 0 radical (unpaired) electrons. The molecular formula is C32H40N6O2. The maximum Gasteiger partial charge on any atom is 0.255 e. The quantitative estimate of drug-likeness (QED) is 0.314. The van der Waals surface area contributed by atoms with E-state index in [0.717, 1.165) is 74.6 Å². The molecule has 3 aromatic rings. The van der Waals surface area contributed by atoms with Crippen LogP contribution in [0.25, 0.3) is 0 Å². The van der Waals surface area contributed by atoms with E-state index in [2.05, 4.69) is 45.2 Å². The SMILES string of the molecule is CN1CCC(Nc2ccc(NC(=O)c3ccc(C(=O)Nc4ccc(NC5CCN(C)CC5)cc4)cc3)cc2)CC1. The summed E-state index contributed by atoms with van der Waals surface area (Å²) in [5, 5.41) is 13.0. The second-order valence-electron chi connectivity index (χ2n) is 11.1. The summed E-state index contributed by atoms with van der Waals surface area (Å²) in [6.07, 6.45) is 4.52. The number of likely N-dealkylation sites (tertiary alicyclic amines) is 2. The van der Waals surface area contributed by atoms with E-state index < -0.39 is 0 Å². The Hall–Kier alpha value is -3.88.